The van der Waals surface area contributed by atoms with Gasteiger partial charge in [0.05, 0.1) is 24.2 Å². The summed E-state index contributed by atoms with van der Waals surface area (Å²) in [6.45, 7) is 3.74. The Morgan fingerprint density at radius 2 is 1.75 bits per heavy atom. The molecule has 0 atom stereocenters. The van der Waals surface area contributed by atoms with Gasteiger partial charge in [0.2, 0.25) is 5.91 Å². The lowest BCUT2D eigenvalue weighted by atomic mass is 9.86. The van der Waals surface area contributed by atoms with Crippen molar-refractivity contribution in [1.82, 2.24) is 19.8 Å². The van der Waals surface area contributed by atoms with E-state index in [9.17, 15) is 9.90 Å². The van der Waals surface area contributed by atoms with Crippen molar-refractivity contribution in [3.05, 3.63) is 60.4 Å². The van der Waals surface area contributed by atoms with E-state index in [1.165, 1.54) is 0 Å². The quantitative estimate of drug-likeness (QED) is 0.561. The average molecular weight is 434 g/mol. The summed E-state index contributed by atoms with van der Waals surface area (Å²) in [7, 11) is 0. The van der Waals surface area contributed by atoms with E-state index in [0.717, 1.165) is 67.9 Å². The van der Waals surface area contributed by atoms with Crippen LogP contribution in [0.1, 0.15) is 31.5 Å². The first kappa shape index (κ1) is 21.0. The van der Waals surface area contributed by atoms with Crippen molar-refractivity contribution in [3.8, 4) is 0 Å². The molecule has 2 saturated heterocycles. The number of fused-ring (bicyclic) bond motifs is 1. The molecular formula is C25H31N5O2. The number of unbranched alkanes of at least 4 members (excludes halogenated alkanes) is 1. The van der Waals surface area contributed by atoms with Crippen LogP contribution >= 0.6 is 0 Å². The van der Waals surface area contributed by atoms with Gasteiger partial charge in [-0.15, -0.1) is 0 Å². The third kappa shape index (κ3) is 3.65. The minimum atomic E-state index is -0.486. The molecule has 0 saturated carbocycles. The van der Waals surface area contributed by atoms with E-state index in [1.54, 1.807) is 0 Å². The highest BCUT2D eigenvalue weighted by Crippen LogP contribution is 2.38. The molecule has 2 N–H and O–H groups in total. The van der Waals surface area contributed by atoms with Crippen LogP contribution in [0, 0.1) is 0 Å². The molecule has 1 aromatic heterocycles. The smallest absolute Gasteiger partial charge is 0.250 e. The second-order valence-electron chi connectivity index (χ2n) is 8.79. The van der Waals surface area contributed by atoms with Gasteiger partial charge >= 0.3 is 0 Å². The minimum absolute atomic E-state index is 0.190. The molecule has 168 valence electrons. The number of aryl methyl sites for hydroxylation is 1. The molecule has 7 nitrogen and oxygen atoms in total. The monoisotopic (exact) mass is 433 g/mol. The standard InChI is InChI=1S/C25H31N5O2/c31-17-7-6-16-29-22-11-5-4-10-21(22)27-23(29)18-28-19-30(20-8-2-1-3-9-20)25(24(28)32)12-14-26-15-13-25/h1-5,8-11,26,31H,6-7,12-19H2. The Morgan fingerprint density at radius 3 is 2.53 bits per heavy atom. The number of carbonyl (C=O) groups is 1. The fourth-order valence-electron chi connectivity index (χ4n) is 5.21. The van der Waals surface area contributed by atoms with Gasteiger partial charge in [-0.1, -0.05) is 30.3 Å². The van der Waals surface area contributed by atoms with Gasteiger partial charge in [-0.3, -0.25) is 4.79 Å². The zero-order valence-electron chi connectivity index (χ0n) is 18.4. The molecule has 2 aliphatic rings. The van der Waals surface area contributed by atoms with Crippen molar-refractivity contribution in [1.29, 1.82) is 0 Å². The molecule has 1 amide bonds. The molecule has 0 bridgehead atoms. The first-order chi connectivity index (χ1) is 15.7. The molecule has 0 radical (unpaired) electrons. The summed E-state index contributed by atoms with van der Waals surface area (Å²) >= 11 is 0. The maximum Gasteiger partial charge on any atom is 0.250 e. The summed E-state index contributed by atoms with van der Waals surface area (Å²) in [5.74, 6) is 1.12. The summed E-state index contributed by atoms with van der Waals surface area (Å²) in [6.07, 6.45) is 3.25. The Labute approximate surface area is 188 Å². The van der Waals surface area contributed by atoms with E-state index in [-0.39, 0.29) is 12.5 Å². The number of rotatable bonds is 7. The van der Waals surface area contributed by atoms with Crippen molar-refractivity contribution in [2.75, 3.05) is 31.3 Å². The van der Waals surface area contributed by atoms with Gasteiger partial charge in [-0.25, -0.2) is 4.98 Å². The summed E-state index contributed by atoms with van der Waals surface area (Å²) in [4.78, 5) is 23.0. The lowest BCUT2D eigenvalue weighted by Gasteiger charge is -2.40. The Kier molecular flexibility index (Phi) is 5.85. The fourth-order valence-corrected chi connectivity index (χ4v) is 5.21. The van der Waals surface area contributed by atoms with Crippen molar-refractivity contribution < 1.29 is 9.90 Å². The Hall–Kier alpha value is -2.90. The highest BCUT2D eigenvalue weighted by atomic mass is 16.3. The highest BCUT2D eigenvalue weighted by molar-refractivity contribution is 5.93. The highest BCUT2D eigenvalue weighted by Gasteiger charge is 2.52. The van der Waals surface area contributed by atoms with Crippen LogP contribution in [-0.2, 0) is 17.9 Å². The van der Waals surface area contributed by atoms with E-state index in [2.05, 4.69) is 33.0 Å². The van der Waals surface area contributed by atoms with Crippen molar-refractivity contribution in [2.45, 2.75) is 44.3 Å². The molecule has 5 rings (SSSR count). The minimum Gasteiger partial charge on any atom is -0.396 e. The number of anilines is 1. The normalized spacial score (nSPS) is 18.2. The van der Waals surface area contributed by atoms with Crippen molar-refractivity contribution in [2.24, 2.45) is 0 Å². The van der Waals surface area contributed by atoms with Gasteiger partial charge in [-0.05, 0) is 63.0 Å². The van der Waals surface area contributed by atoms with Crippen molar-refractivity contribution in [3.63, 3.8) is 0 Å². The van der Waals surface area contributed by atoms with Gasteiger partial charge in [-0.2, -0.15) is 0 Å². The zero-order chi connectivity index (χ0) is 22.0. The van der Waals surface area contributed by atoms with Crippen LogP contribution in [0.25, 0.3) is 11.0 Å². The SMILES string of the molecule is O=C1N(Cc2nc3ccccc3n2CCCCO)CN(c2ccccc2)C12CCNCC2. The second-order valence-corrected chi connectivity index (χ2v) is 8.79. The van der Waals surface area contributed by atoms with E-state index in [0.29, 0.717) is 13.2 Å². The number of nitrogens with one attached hydrogen (secondary N) is 1. The Morgan fingerprint density at radius 1 is 1.00 bits per heavy atom. The summed E-state index contributed by atoms with van der Waals surface area (Å²) in [5, 5.41) is 12.6. The van der Waals surface area contributed by atoms with Crippen LogP contribution in [-0.4, -0.2) is 57.4 Å². The van der Waals surface area contributed by atoms with Gasteiger partial charge in [0.25, 0.3) is 0 Å². The number of imidazole rings is 1. The predicted octanol–water partition coefficient (Wildman–Crippen LogP) is 2.74. The van der Waals surface area contributed by atoms with Crippen LogP contribution in [0.15, 0.2) is 54.6 Å². The molecule has 0 unspecified atom stereocenters. The van der Waals surface area contributed by atoms with Crippen LogP contribution in [0.5, 0.6) is 0 Å². The largest absolute Gasteiger partial charge is 0.396 e. The molecule has 0 aliphatic carbocycles. The molecule has 7 heteroatoms. The first-order valence-electron chi connectivity index (χ1n) is 11.6. The Bertz CT molecular complexity index is 1070. The Balaban J connectivity index is 1.47. The number of aliphatic hydroxyl groups is 1. The lowest BCUT2D eigenvalue weighted by molar-refractivity contribution is -0.133. The first-order valence-corrected chi connectivity index (χ1v) is 11.6. The van der Waals surface area contributed by atoms with E-state index < -0.39 is 5.54 Å². The third-order valence-electron chi connectivity index (χ3n) is 6.87. The molecule has 32 heavy (non-hydrogen) atoms. The summed E-state index contributed by atoms with van der Waals surface area (Å²) in [6, 6.07) is 18.4. The van der Waals surface area contributed by atoms with E-state index in [4.69, 9.17) is 4.98 Å². The maximum atomic E-state index is 13.8. The number of hydrogen-bond acceptors (Lipinski definition) is 5. The number of aliphatic hydroxyl groups excluding tert-OH is 1. The van der Waals surface area contributed by atoms with Gasteiger partial charge < -0.3 is 24.8 Å². The second kappa shape index (κ2) is 8.92. The lowest BCUT2D eigenvalue weighted by Crippen LogP contribution is -2.55. The number of benzene rings is 2. The summed E-state index contributed by atoms with van der Waals surface area (Å²) < 4.78 is 2.22. The number of aromatic nitrogens is 2. The molecule has 3 heterocycles. The predicted molar refractivity (Wildman–Crippen MR) is 125 cm³/mol. The van der Waals surface area contributed by atoms with Crippen LogP contribution in [0.3, 0.4) is 0 Å². The van der Waals surface area contributed by atoms with Crippen LogP contribution in [0.4, 0.5) is 5.69 Å². The summed E-state index contributed by atoms with van der Waals surface area (Å²) in [5.41, 5.74) is 2.65. The number of piperidine rings is 1. The molecular weight excluding hydrogens is 402 g/mol. The number of nitrogens with zero attached hydrogens (tertiary/aromatic N) is 4. The third-order valence-corrected chi connectivity index (χ3v) is 6.87. The average Bonchev–Trinajstić information content (AvgIpc) is 3.31. The van der Waals surface area contributed by atoms with Gasteiger partial charge in [0, 0.05) is 18.8 Å². The maximum absolute atomic E-state index is 13.8. The van der Waals surface area contributed by atoms with E-state index in [1.807, 2.05) is 41.3 Å². The molecule has 2 fully saturated rings. The zero-order valence-corrected chi connectivity index (χ0v) is 18.4. The van der Waals surface area contributed by atoms with E-state index >= 15 is 0 Å². The molecule has 2 aliphatic heterocycles. The van der Waals surface area contributed by atoms with Crippen molar-refractivity contribution >= 4 is 22.6 Å². The molecule has 3 aromatic rings. The number of para-hydroxylation sites is 3. The number of hydrogen-bond donors (Lipinski definition) is 2. The molecule has 1 spiro atoms. The van der Waals surface area contributed by atoms with Crippen LogP contribution in [0.2, 0.25) is 0 Å². The van der Waals surface area contributed by atoms with Gasteiger partial charge in [0.15, 0.2) is 0 Å². The number of carbonyl (C=O) groups excluding carboxylic acids is 1. The van der Waals surface area contributed by atoms with Crippen LogP contribution < -0.4 is 10.2 Å². The van der Waals surface area contributed by atoms with Gasteiger partial charge in [0.1, 0.15) is 11.4 Å². The number of amides is 1. The molecule has 2 aromatic carbocycles. The fraction of sp³-hybridized carbons (Fsp3) is 0.440. The topological polar surface area (TPSA) is 73.6 Å².